The standard InChI is InChI=1S/C16H25BrN4OS.HI/c1-11-6-7-12(17)8-13(11)21-14(22)9-19-15(18-4)20-10-16(2,3)23-5;/h6-8H,9-10H2,1-5H3,(H,21,22)(H2,18,19,20);1H. The van der Waals surface area contributed by atoms with Crippen LogP contribution < -0.4 is 16.0 Å². The average Bonchev–Trinajstić information content (AvgIpc) is 2.51. The minimum Gasteiger partial charge on any atom is -0.355 e. The quantitative estimate of drug-likeness (QED) is 0.300. The molecule has 0 fully saturated rings. The number of rotatable bonds is 6. The highest BCUT2D eigenvalue weighted by molar-refractivity contribution is 14.0. The third-order valence-corrected chi connectivity index (χ3v) is 5.09. The molecule has 0 saturated carbocycles. The zero-order valence-electron chi connectivity index (χ0n) is 14.7. The van der Waals surface area contributed by atoms with E-state index in [1.165, 1.54) is 0 Å². The van der Waals surface area contributed by atoms with Crippen LogP contribution in [0.5, 0.6) is 0 Å². The smallest absolute Gasteiger partial charge is 0.243 e. The van der Waals surface area contributed by atoms with E-state index in [1.54, 1.807) is 18.8 Å². The van der Waals surface area contributed by atoms with Gasteiger partial charge in [0.1, 0.15) is 0 Å². The number of hydrogen-bond donors (Lipinski definition) is 3. The predicted octanol–water partition coefficient (Wildman–Crippen LogP) is 3.62. The van der Waals surface area contributed by atoms with Crippen molar-refractivity contribution < 1.29 is 4.79 Å². The maximum atomic E-state index is 12.1. The predicted molar refractivity (Wildman–Crippen MR) is 120 cm³/mol. The summed E-state index contributed by atoms with van der Waals surface area (Å²) in [7, 11) is 1.69. The fourth-order valence-electron chi connectivity index (χ4n) is 1.68. The summed E-state index contributed by atoms with van der Waals surface area (Å²) < 4.78 is 1.04. The van der Waals surface area contributed by atoms with Crippen molar-refractivity contribution in [1.82, 2.24) is 10.6 Å². The summed E-state index contributed by atoms with van der Waals surface area (Å²) in [6.45, 7) is 7.19. The van der Waals surface area contributed by atoms with Gasteiger partial charge in [0.25, 0.3) is 0 Å². The molecule has 8 heteroatoms. The Kier molecular flexibility index (Phi) is 11.0. The number of anilines is 1. The second-order valence-corrected chi connectivity index (χ2v) is 8.18. The van der Waals surface area contributed by atoms with Gasteiger partial charge in [-0.2, -0.15) is 11.8 Å². The summed E-state index contributed by atoms with van der Waals surface area (Å²) in [5.41, 5.74) is 1.82. The van der Waals surface area contributed by atoms with Crippen LogP contribution in [0.25, 0.3) is 0 Å². The minimum absolute atomic E-state index is 0. The van der Waals surface area contributed by atoms with Crippen molar-refractivity contribution in [2.75, 3.05) is 31.7 Å². The molecule has 0 spiro atoms. The lowest BCUT2D eigenvalue weighted by Crippen LogP contribution is -2.45. The zero-order valence-corrected chi connectivity index (χ0v) is 19.4. The average molecular weight is 529 g/mol. The van der Waals surface area contributed by atoms with E-state index in [0.29, 0.717) is 5.96 Å². The molecule has 0 atom stereocenters. The molecule has 1 aromatic rings. The largest absolute Gasteiger partial charge is 0.355 e. The van der Waals surface area contributed by atoms with Gasteiger partial charge in [-0.25, -0.2) is 0 Å². The highest BCUT2D eigenvalue weighted by Gasteiger charge is 2.16. The van der Waals surface area contributed by atoms with E-state index >= 15 is 0 Å². The normalized spacial score (nSPS) is 11.5. The van der Waals surface area contributed by atoms with E-state index in [-0.39, 0.29) is 41.2 Å². The molecule has 1 amide bonds. The number of nitrogens with one attached hydrogen (secondary N) is 3. The summed E-state index contributed by atoms with van der Waals surface area (Å²) in [6, 6.07) is 5.79. The van der Waals surface area contributed by atoms with Gasteiger partial charge in [-0.15, -0.1) is 24.0 Å². The van der Waals surface area contributed by atoms with Crippen molar-refractivity contribution in [3.05, 3.63) is 28.2 Å². The summed E-state index contributed by atoms with van der Waals surface area (Å²) in [5, 5.41) is 9.15. The van der Waals surface area contributed by atoms with Crippen molar-refractivity contribution in [2.45, 2.75) is 25.5 Å². The first-order valence-electron chi connectivity index (χ1n) is 7.33. The minimum atomic E-state index is -0.113. The number of aliphatic imine (C=N–C) groups is 1. The molecule has 1 aromatic carbocycles. The van der Waals surface area contributed by atoms with Gasteiger partial charge in [0.05, 0.1) is 6.54 Å². The molecule has 0 saturated heterocycles. The Labute approximate surface area is 174 Å². The topological polar surface area (TPSA) is 65.5 Å². The fourth-order valence-corrected chi connectivity index (χ4v) is 2.25. The van der Waals surface area contributed by atoms with Crippen LogP contribution in [0.3, 0.4) is 0 Å². The molecule has 0 aromatic heterocycles. The summed E-state index contributed by atoms with van der Waals surface area (Å²) in [5.74, 6) is 0.506. The van der Waals surface area contributed by atoms with Gasteiger partial charge in [0, 0.05) is 28.5 Å². The van der Waals surface area contributed by atoms with Crippen molar-refractivity contribution >= 4 is 69.2 Å². The Morgan fingerprint density at radius 3 is 2.58 bits per heavy atom. The van der Waals surface area contributed by atoms with Crippen LogP contribution >= 0.6 is 51.7 Å². The van der Waals surface area contributed by atoms with E-state index in [9.17, 15) is 4.79 Å². The van der Waals surface area contributed by atoms with E-state index in [2.05, 4.69) is 57.0 Å². The Morgan fingerprint density at radius 2 is 2.00 bits per heavy atom. The van der Waals surface area contributed by atoms with Crippen LogP contribution in [0.1, 0.15) is 19.4 Å². The first-order chi connectivity index (χ1) is 10.8. The second kappa shape index (κ2) is 11.2. The number of aryl methyl sites for hydroxylation is 1. The van der Waals surface area contributed by atoms with Crippen molar-refractivity contribution in [3.63, 3.8) is 0 Å². The van der Waals surface area contributed by atoms with Crippen molar-refractivity contribution in [1.29, 1.82) is 0 Å². The SMILES string of the molecule is CN=C(NCC(=O)Nc1cc(Br)ccc1C)NCC(C)(C)SC.I. The lowest BCUT2D eigenvalue weighted by atomic mass is 10.2. The third kappa shape index (κ3) is 8.57. The molecular weight excluding hydrogens is 503 g/mol. The number of amides is 1. The molecular formula is C16H26BrIN4OS. The van der Waals surface area contributed by atoms with Crippen molar-refractivity contribution in [2.24, 2.45) is 4.99 Å². The Hall–Kier alpha value is -0.480. The molecule has 1 rings (SSSR count). The monoisotopic (exact) mass is 528 g/mol. The second-order valence-electron chi connectivity index (χ2n) is 5.75. The number of guanidine groups is 1. The third-order valence-electron chi connectivity index (χ3n) is 3.35. The molecule has 0 aliphatic heterocycles. The first-order valence-corrected chi connectivity index (χ1v) is 9.35. The maximum absolute atomic E-state index is 12.1. The lowest BCUT2D eigenvalue weighted by Gasteiger charge is -2.23. The number of halogens is 2. The first kappa shape index (κ1) is 23.5. The molecule has 24 heavy (non-hydrogen) atoms. The van der Waals surface area contributed by atoms with Crippen LogP contribution in [-0.4, -0.2) is 43.0 Å². The van der Waals surface area contributed by atoms with Gasteiger partial charge in [-0.1, -0.05) is 22.0 Å². The number of hydrogen-bond acceptors (Lipinski definition) is 3. The molecule has 0 unspecified atom stereocenters. The molecule has 0 aliphatic carbocycles. The number of nitrogens with zero attached hydrogens (tertiary/aromatic N) is 1. The van der Waals surface area contributed by atoms with E-state index < -0.39 is 0 Å². The number of thioether (sulfide) groups is 1. The van der Waals surface area contributed by atoms with Crippen LogP contribution in [0.15, 0.2) is 27.7 Å². The lowest BCUT2D eigenvalue weighted by molar-refractivity contribution is -0.115. The summed E-state index contributed by atoms with van der Waals surface area (Å²) >= 11 is 5.19. The van der Waals surface area contributed by atoms with Crippen LogP contribution in [0.2, 0.25) is 0 Å². The van der Waals surface area contributed by atoms with Gasteiger partial charge in [0.2, 0.25) is 5.91 Å². The van der Waals surface area contributed by atoms with Gasteiger partial charge in [0.15, 0.2) is 5.96 Å². The van der Waals surface area contributed by atoms with Crippen LogP contribution in [0, 0.1) is 6.92 Å². The number of benzene rings is 1. The van der Waals surface area contributed by atoms with Crippen molar-refractivity contribution in [3.8, 4) is 0 Å². The van der Waals surface area contributed by atoms with Gasteiger partial charge < -0.3 is 16.0 Å². The van der Waals surface area contributed by atoms with Crippen LogP contribution in [0.4, 0.5) is 5.69 Å². The highest BCUT2D eigenvalue weighted by Crippen LogP contribution is 2.20. The van der Waals surface area contributed by atoms with E-state index in [4.69, 9.17) is 0 Å². The number of carbonyl (C=O) groups excluding carboxylic acids is 1. The Bertz CT molecular complexity index is 581. The molecule has 0 aliphatic rings. The highest BCUT2D eigenvalue weighted by atomic mass is 127. The summed E-state index contributed by atoms with van der Waals surface area (Å²) in [4.78, 5) is 16.2. The van der Waals surface area contributed by atoms with Crippen LogP contribution in [-0.2, 0) is 4.79 Å². The Balaban J connectivity index is 0.00000529. The Morgan fingerprint density at radius 1 is 1.33 bits per heavy atom. The van der Waals surface area contributed by atoms with E-state index in [0.717, 1.165) is 22.3 Å². The molecule has 0 radical (unpaired) electrons. The molecule has 136 valence electrons. The van der Waals surface area contributed by atoms with E-state index in [1.807, 2.05) is 25.1 Å². The van der Waals surface area contributed by atoms with Gasteiger partial charge in [-0.05, 0) is 44.7 Å². The summed E-state index contributed by atoms with van der Waals surface area (Å²) in [6.07, 6.45) is 2.08. The van der Waals surface area contributed by atoms with Gasteiger partial charge in [-0.3, -0.25) is 9.79 Å². The molecule has 0 heterocycles. The molecule has 0 bridgehead atoms. The number of carbonyl (C=O) groups is 1. The zero-order chi connectivity index (χ0) is 17.5. The fraction of sp³-hybridized carbons (Fsp3) is 0.500. The maximum Gasteiger partial charge on any atom is 0.243 e. The molecule has 5 nitrogen and oxygen atoms in total. The van der Waals surface area contributed by atoms with Gasteiger partial charge >= 0.3 is 0 Å². The molecule has 3 N–H and O–H groups in total.